The van der Waals surface area contributed by atoms with Crippen LogP contribution in [0.2, 0.25) is 0 Å². The van der Waals surface area contributed by atoms with E-state index in [0.29, 0.717) is 0 Å². The minimum atomic E-state index is 0.884. The Balaban J connectivity index is -0.000000177. The maximum Gasteiger partial charge on any atom is -0.0474 e. The van der Waals surface area contributed by atoms with Crippen molar-refractivity contribution in [2.45, 2.75) is 68.2 Å². The molecule has 0 aliphatic carbocycles. The van der Waals surface area contributed by atoms with Gasteiger partial charge in [-0.05, 0) is 11.8 Å². The van der Waals surface area contributed by atoms with E-state index >= 15 is 0 Å². The molecule has 0 spiro atoms. The Labute approximate surface area is 117 Å². The first kappa shape index (κ1) is 22.4. The van der Waals surface area contributed by atoms with Gasteiger partial charge in [-0.1, -0.05) is 105 Å². The van der Waals surface area contributed by atoms with Crippen molar-refractivity contribution in [1.82, 2.24) is 0 Å². The van der Waals surface area contributed by atoms with Crippen LogP contribution >= 0.6 is 0 Å². The monoisotopic (exact) mass is 252 g/mol. The van der Waals surface area contributed by atoms with Crippen LogP contribution in [0.3, 0.4) is 0 Å². The highest BCUT2D eigenvalue weighted by molar-refractivity contribution is 4.99. The van der Waals surface area contributed by atoms with Gasteiger partial charge in [0.15, 0.2) is 0 Å². The van der Waals surface area contributed by atoms with Crippen LogP contribution in [0.1, 0.15) is 68.2 Å². The first-order valence-electron chi connectivity index (χ1n) is 7.54. The van der Waals surface area contributed by atoms with Gasteiger partial charge < -0.3 is 0 Å². The molecule has 1 rings (SSSR count). The molecule has 0 nitrogen and oxygen atoms in total. The number of hydrogen-bond acceptors (Lipinski definition) is 0. The second-order valence-corrected chi connectivity index (χ2v) is 4.76. The molecule has 0 aliphatic heterocycles. The molecule has 0 saturated heterocycles. The van der Waals surface area contributed by atoms with Gasteiger partial charge in [-0.15, -0.1) is 0 Å². The Hall–Kier alpha value is -0.780. The highest BCUT2D eigenvalue weighted by Crippen LogP contribution is 1.94. The fourth-order valence-corrected chi connectivity index (χ4v) is 0.385. The topological polar surface area (TPSA) is 0 Å². The molecule has 0 heterocycles. The summed E-state index contributed by atoms with van der Waals surface area (Å²) in [5, 5.41) is 0. The van der Waals surface area contributed by atoms with Crippen LogP contribution < -0.4 is 0 Å². The summed E-state index contributed by atoms with van der Waals surface area (Å²) in [5.41, 5.74) is 0. The molecular weight excluding hydrogens is 216 g/mol. The highest BCUT2D eigenvalue weighted by atomic mass is 13.9. The highest BCUT2D eigenvalue weighted by Gasteiger charge is 1.80. The molecule has 0 N–H and O–H groups in total. The number of rotatable bonds is 2. The van der Waals surface area contributed by atoms with Gasteiger partial charge in [-0.3, -0.25) is 0 Å². The molecule has 0 aliphatic rings. The third-order valence-corrected chi connectivity index (χ3v) is 2.30. The van der Waals surface area contributed by atoms with Crippen molar-refractivity contribution in [3.05, 3.63) is 36.4 Å². The SMILES string of the molecule is CC.CCC(C)C.CCC(C)C.c1ccccc1. The van der Waals surface area contributed by atoms with Gasteiger partial charge in [-0.2, -0.15) is 0 Å². The summed E-state index contributed by atoms with van der Waals surface area (Å²) in [5.74, 6) is 1.77. The molecule has 0 unspecified atom stereocenters. The van der Waals surface area contributed by atoms with Crippen molar-refractivity contribution in [1.29, 1.82) is 0 Å². The molecule has 0 saturated carbocycles. The van der Waals surface area contributed by atoms with Crippen molar-refractivity contribution >= 4 is 0 Å². The van der Waals surface area contributed by atoms with Gasteiger partial charge in [0.05, 0.1) is 0 Å². The van der Waals surface area contributed by atoms with Gasteiger partial charge in [-0.25, -0.2) is 0 Å². The Morgan fingerprint density at radius 2 is 0.667 bits per heavy atom. The molecule has 18 heavy (non-hydrogen) atoms. The van der Waals surface area contributed by atoms with Crippen molar-refractivity contribution in [3.63, 3.8) is 0 Å². The Morgan fingerprint density at radius 1 is 0.556 bits per heavy atom. The maximum absolute atomic E-state index is 2.22. The normalized spacial score (nSPS) is 8.33. The van der Waals surface area contributed by atoms with Crippen LogP contribution in [0.25, 0.3) is 0 Å². The zero-order valence-electron chi connectivity index (χ0n) is 14.0. The van der Waals surface area contributed by atoms with E-state index in [1.807, 2.05) is 50.2 Å². The standard InChI is InChI=1S/C6H6.2C5H12.C2H6/c1-2-4-6-5-3-1;2*1-4-5(2)3;1-2/h1-6H;2*5H,4H2,1-3H3;1-2H3. The quantitative estimate of drug-likeness (QED) is 0.542. The van der Waals surface area contributed by atoms with Gasteiger partial charge >= 0.3 is 0 Å². The number of hydrogen-bond donors (Lipinski definition) is 0. The van der Waals surface area contributed by atoms with Crippen LogP contribution in [0, 0.1) is 11.8 Å². The van der Waals surface area contributed by atoms with Crippen molar-refractivity contribution in [2.75, 3.05) is 0 Å². The first-order valence-corrected chi connectivity index (χ1v) is 7.54. The molecule has 1 aromatic rings. The van der Waals surface area contributed by atoms with Crippen LogP contribution in [-0.2, 0) is 0 Å². The molecular formula is C18H36. The summed E-state index contributed by atoms with van der Waals surface area (Å²) in [7, 11) is 0. The zero-order chi connectivity index (χ0) is 14.8. The van der Waals surface area contributed by atoms with E-state index in [4.69, 9.17) is 0 Å². The summed E-state index contributed by atoms with van der Waals surface area (Å²) in [6, 6.07) is 12.0. The Morgan fingerprint density at radius 3 is 0.722 bits per heavy atom. The summed E-state index contributed by atoms with van der Waals surface area (Å²) in [4.78, 5) is 0. The minimum Gasteiger partial charge on any atom is -0.0683 e. The molecule has 0 fully saturated rings. The van der Waals surface area contributed by atoms with E-state index in [2.05, 4.69) is 41.5 Å². The molecule has 0 bridgehead atoms. The molecule has 108 valence electrons. The second-order valence-electron chi connectivity index (χ2n) is 4.76. The van der Waals surface area contributed by atoms with Gasteiger partial charge in [0, 0.05) is 0 Å². The maximum atomic E-state index is 2.22. The summed E-state index contributed by atoms with van der Waals surface area (Å²) in [6.07, 6.45) is 2.61. The fourth-order valence-electron chi connectivity index (χ4n) is 0.385. The predicted molar refractivity (Wildman–Crippen MR) is 88.0 cm³/mol. The van der Waals surface area contributed by atoms with E-state index in [1.54, 1.807) is 0 Å². The predicted octanol–water partition coefficient (Wildman–Crippen LogP) is 6.82. The largest absolute Gasteiger partial charge is 0.0683 e. The zero-order valence-corrected chi connectivity index (χ0v) is 14.0. The lowest BCUT2D eigenvalue weighted by atomic mass is 10.2. The average molecular weight is 252 g/mol. The second kappa shape index (κ2) is 21.5. The van der Waals surface area contributed by atoms with Crippen LogP contribution in [0.4, 0.5) is 0 Å². The van der Waals surface area contributed by atoms with Crippen molar-refractivity contribution < 1.29 is 0 Å². The molecule has 0 atom stereocenters. The molecule has 1 aromatic carbocycles. The Bertz CT molecular complexity index is 152. The van der Waals surface area contributed by atoms with Crippen LogP contribution in [-0.4, -0.2) is 0 Å². The van der Waals surface area contributed by atoms with Crippen LogP contribution in [0.5, 0.6) is 0 Å². The summed E-state index contributed by atoms with van der Waals surface area (Å²) >= 11 is 0. The lowest BCUT2D eigenvalue weighted by molar-refractivity contribution is 0.626. The van der Waals surface area contributed by atoms with E-state index in [1.165, 1.54) is 12.8 Å². The van der Waals surface area contributed by atoms with E-state index in [0.717, 1.165) is 11.8 Å². The van der Waals surface area contributed by atoms with Crippen molar-refractivity contribution in [2.24, 2.45) is 11.8 Å². The van der Waals surface area contributed by atoms with Gasteiger partial charge in [0.1, 0.15) is 0 Å². The van der Waals surface area contributed by atoms with E-state index < -0.39 is 0 Å². The molecule has 0 radical (unpaired) electrons. The van der Waals surface area contributed by atoms with Crippen molar-refractivity contribution in [3.8, 4) is 0 Å². The summed E-state index contributed by atoms with van der Waals surface area (Å²) < 4.78 is 0. The van der Waals surface area contributed by atoms with Gasteiger partial charge in [0.2, 0.25) is 0 Å². The summed E-state index contributed by atoms with van der Waals surface area (Å²) in [6.45, 7) is 17.3. The molecule has 0 aromatic heterocycles. The third-order valence-electron chi connectivity index (χ3n) is 2.30. The smallest absolute Gasteiger partial charge is 0.0474 e. The van der Waals surface area contributed by atoms with Crippen LogP contribution in [0.15, 0.2) is 36.4 Å². The lowest BCUT2D eigenvalue weighted by Crippen LogP contribution is -1.77. The van der Waals surface area contributed by atoms with E-state index in [9.17, 15) is 0 Å². The first-order chi connectivity index (χ1) is 8.54. The molecule has 0 amide bonds. The van der Waals surface area contributed by atoms with E-state index in [-0.39, 0.29) is 0 Å². The number of benzene rings is 1. The molecule has 0 heteroatoms. The lowest BCUT2D eigenvalue weighted by Gasteiger charge is -1.90. The minimum absolute atomic E-state index is 0.884. The Kier molecular flexibility index (Phi) is 26.8. The fraction of sp³-hybridized carbons (Fsp3) is 0.667. The average Bonchev–Trinajstić information content (AvgIpc) is 2.44. The van der Waals surface area contributed by atoms with Gasteiger partial charge in [0.25, 0.3) is 0 Å². The third kappa shape index (κ3) is 36.2.